The minimum atomic E-state index is -0.440. The monoisotopic (exact) mass is 160 g/mol. The van der Waals surface area contributed by atoms with E-state index in [1.165, 1.54) is 0 Å². The number of carbonyl (C=O) groups is 1. The Morgan fingerprint density at radius 1 is 1.80 bits per heavy atom. The van der Waals surface area contributed by atoms with Gasteiger partial charge in [-0.1, -0.05) is 6.58 Å². The largest absolute Gasteiger partial charge is 0.463 e. The Hall–Kier alpha value is -0.613. The molecule has 58 valence electrons. The van der Waals surface area contributed by atoms with Crippen LogP contribution in [0.2, 0.25) is 6.04 Å². The maximum absolute atomic E-state index is 10.4. The zero-order valence-corrected chi connectivity index (χ0v) is 7.54. The fraction of sp³-hybridized carbons (Fsp3) is 0.500. The Morgan fingerprint density at radius 2 is 2.50 bits per heavy atom. The van der Waals surface area contributed by atoms with E-state index in [1.54, 1.807) is 7.11 Å². The summed E-state index contributed by atoms with van der Waals surface area (Å²) in [6, 6.07) is 0.871. The molecule has 0 N–H and O–H groups in total. The normalized spacial score (nSPS) is 10.1. The van der Waals surface area contributed by atoms with Gasteiger partial charge in [-0.25, -0.2) is 4.79 Å². The highest BCUT2D eigenvalue weighted by atomic mass is 28.2. The highest BCUT2D eigenvalue weighted by Gasteiger charge is 1.93. The Bertz CT molecular complexity index is 114. The standard InChI is InChI=1S/C6H12O3Si/c1-3-6(7)9-4-5-10-8-2/h3H,1,4-5,10H2,2H3. The summed E-state index contributed by atoms with van der Waals surface area (Å²) in [5.74, 6) is -0.356. The van der Waals surface area contributed by atoms with Crippen LogP contribution < -0.4 is 0 Å². The summed E-state index contributed by atoms with van der Waals surface area (Å²) in [6.45, 7) is 3.73. The molecular formula is C6H12O3Si. The van der Waals surface area contributed by atoms with E-state index in [9.17, 15) is 4.79 Å². The summed E-state index contributed by atoms with van der Waals surface area (Å²) in [6.07, 6.45) is 1.16. The van der Waals surface area contributed by atoms with Gasteiger partial charge in [0.15, 0.2) is 9.76 Å². The molecule has 0 spiro atoms. The van der Waals surface area contributed by atoms with Crippen LogP contribution in [0, 0.1) is 0 Å². The van der Waals surface area contributed by atoms with Crippen LogP contribution in [0.15, 0.2) is 12.7 Å². The van der Waals surface area contributed by atoms with Crippen LogP contribution in [0.4, 0.5) is 0 Å². The van der Waals surface area contributed by atoms with Crippen LogP contribution in [0.5, 0.6) is 0 Å². The van der Waals surface area contributed by atoms with E-state index in [-0.39, 0.29) is 5.97 Å². The summed E-state index contributed by atoms with van der Waals surface area (Å²) in [7, 11) is 1.23. The van der Waals surface area contributed by atoms with E-state index in [1.807, 2.05) is 0 Å². The zero-order valence-electron chi connectivity index (χ0n) is 6.13. The molecule has 0 aliphatic carbocycles. The Morgan fingerprint density at radius 3 is 3.00 bits per heavy atom. The minimum absolute atomic E-state index is 0.356. The fourth-order valence-corrected chi connectivity index (χ4v) is 0.986. The van der Waals surface area contributed by atoms with Gasteiger partial charge in [0, 0.05) is 13.2 Å². The average Bonchev–Trinajstić information content (AvgIpc) is 1.98. The first-order valence-electron chi connectivity index (χ1n) is 3.09. The predicted octanol–water partition coefficient (Wildman–Crippen LogP) is -0.136. The molecule has 0 saturated heterocycles. The molecule has 3 nitrogen and oxygen atoms in total. The van der Waals surface area contributed by atoms with E-state index in [2.05, 4.69) is 6.58 Å². The molecule has 0 aromatic heterocycles. The average molecular weight is 160 g/mol. The lowest BCUT2D eigenvalue weighted by Gasteiger charge is -1.98. The van der Waals surface area contributed by atoms with Crippen molar-refractivity contribution in [1.29, 1.82) is 0 Å². The van der Waals surface area contributed by atoms with Crippen molar-refractivity contribution < 1.29 is 14.0 Å². The van der Waals surface area contributed by atoms with E-state index in [0.29, 0.717) is 6.61 Å². The van der Waals surface area contributed by atoms with Gasteiger partial charge in [-0.3, -0.25) is 0 Å². The summed E-state index contributed by atoms with van der Waals surface area (Å²) in [4.78, 5) is 10.4. The number of ether oxygens (including phenoxy) is 1. The number of hydrogen-bond donors (Lipinski definition) is 0. The Balaban J connectivity index is 3.03. The first-order valence-corrected chi connectivity index (χ1v) is 4.67. The number of carbonyl (C=O) groups excluding carboxylic acids is 1. The maximum atomic E-state index is 10.4. The third-order valence-electron chi connectivity index (χ3n) is 0.904. The van der Waals surface area contributed by atoms with Gasteiger partial charge in [0.05, 0.1) is 6.61 Å². The van der Waals surface area contributed by atoms with Crippen molar-refractivity contribution in [2.24, 2.45) is 0 Å². The van der Waals surface area contributed by atoms with Gasteiger partial charge in [-0.2, -0.15) is 0 Å². The SMILES string of the molecule is C=CC(=O)OCC[SiH2]OC. The van der Waals surface area contributed by atoms with Crippen molar-refractivity contribution in [1.82, 2.24) is 0 Å². The predicted molar refractivity (Wildman–Crippen MR) is 41.5 cm³/mol. The molecule has 0 rings (SSSR count). The molecule has 0 unspecified atom stereocenters. The fourth-order valence-electron chi connectivity index (χ4n) is 0.435. The first-order chi connectivity index (χ1) is 4.81. The molecule has 0 aromatic rings. The van der Waals surface area contributed by atoms with E-state index in [0.717, 1.165) is 12.1 Å². The van der Waals surface area contributed by atoms with Crippen molar-refractivity contribution in [3.63, 3.8) is 0 Å². The van der Waals surface area contributed by atoms with Crippen LogP contribution in [0.1, 0.15) is 0 Å². The molecule has 0 fully saturated rings. The second kappa shape index (κ2) is 6.51. The third-order valence-corrected chi connectivity index (χ3v) is 1.89. The summed E-state index contributed by atoms with van der Waals surface area (Å²) >= 11 is 0. The van der Waals surface area contributed by atoms with Gasteiger partial charge in [0.1, 0.15) is 0 Å². The highest BCUT2D eigenvalue weighted by molar-refractivity contribution is 6.27. The molecule has 0 radical (unpaired) electrons. The van der Waals surface area contributed by atoms with Gasteiger partial charge in [-0.05, 0) is 6.04 Å². The van der Waals surface area contributed by atoms with Gasteiger partial charge >= 0.3 is 5.97 Å². The van der Waals surface area contributed by atoms with Gasteiger partial charge in [0.25, 0.3) is 0 Å². The van der Waals surface area contributed by atoms with Gasteiger partial charge in [0.2, 0.25) is 0 Å². The molecule has 0 heterocycles. The molecular weight excluding hydrogens is 148 g/mol. The van der Waals surface area contributed by atoms with Crippen molar-refractivity contribution in [2.45, 2.75) is 6.04 Å². The molecule has 10 heavy (non-hydrogen) atoms. The lowest BCUT2D eigenvalue weighted by molar-refractivity contribution is -0.137. The highest BCUT2D eigenvalue weighted by Crippen LogP contribution is 1.84. The maximum Gasteiger partial charge on any atom is 0.330 e. The van der Waals surface area contributed by atoms with Crippen molar-refractivity contribution in [3.8, 4) is 0 Å². The molecule has 0 aromatic carbocycles. The van der Waals surface area contributed by atoms with E-state index >= 15 is 0 Å². The minimum Gasteiger partial charge on any atom is -0.463 e. The molecule has 0 saturated carbocycles. The molecule has 0 atom stereocenters. The van der Waals surface area contributed by atoms with Crippen LogP contribution in [0.3, 0.4) is 0 Å². The third kappa shape index (κ3) is 5.52. The summed E-state index contributed by atoms with van der Waals surface area (Å²) in [5.41, 5.74) is 0. The molecule has 0 aliphatic rings. The summed E-state index contributed by atoms with van der Waals surface area (Å²) in [5, 5.41) is 0. The molecule has 4 heteroatoms. The van der Waals surface area contributed by atoms with Gasteiger partial charge < -0.3 is 9.16 Å². The number of rotatable bonds is 5. The van der Waals surface area contributed by atoms with Crippen molar-refractivity contribution >= 4 is 15.7 Å². The smallest absolute Gasteiger partial charge is 0.330 e. The van der Waals surface area contributed by atoms with Crippen LogP contribution in [0.25, 0.3) is 0 Å². The van der Waals surface area contributed by atoms with E-state index < -0.39 is 9.76 Å². The second-order valence-corrected chi connectivity index (χ2v) is 3.41. The van der Waals surface area contributed by atoms with Crippen LogP contribution in [-0.4, -0.2) is 29.4 Å². The van der Waals surface area contributed by atoms with Crippen molar-refractivity contribution in [2.75, 3.05) is 13.7 Å². The quantitative estimate of drug-likeness (QED) is 0.243. The van der Waals surface area contributed by atoms with Crippen LogP contribution >= 0.6 is 0 Å². The lowest BCUT2D eigenvalue weighted by atomic mass is 10.6. The molecule has 0 bridgehead atoms. The Labute approximate surface area is 63.0 Å². The zero-order chi connectivity index (χ0) is 7.82. The lowest BCUT2D eigenvalue weighted by Crippen LogP contribution is -2.04. The first kappa shape index (κ1) is 9.39. The molecule has 0 amide bonds. The van der Waals surface area contributed by atoms with Crippen LogP contribution in [-0.2, 0) is 14.0 Å². The topological polar surface area (TPSA) is 35.5 Å². The Kier molecular flexibility index (Phi) is 6.11. The van der Waals surface area contributed by atoms with Crippen molar-refractivity contribution in [3.05, 3.63) is 12.7 Å². The van der Waals surface area contributed by atoms with Gasteiger partial charge in [-0.15, -0.1) is 0 Å². The number of hydrogen-bond acceptors (Lipinski definition) is 3. The second-order valence-electron chi connectivity index (χ2n) is 1.72. The summed E-state index contributed by atoms with van der Waals surface area (Å²) < 4.78 is 9.57. The van der Waals surface area contributed by atoms with E-state index in [4.69, 9.17) is 9.16 Å². The molecule has 0 aliphatic heterocycles. The number of esters is 1.